The normalized spacial score (nSPS) is 13.9. The summed E-state index contributed by atoms with van der Waals surface area (Å²) in [6.45, 7) is 8.44. The lowest BCUT2D eigenvalue weighted by Crippen LogP contribution is -2.30. The zero-order chi connectivity index (χ0) is 13.1. The van der Waals surface area contributed by atoms with Crippen molar-refractivity contribution in [3.05, 3.63) is 0 Å². The number of aliphatic hydroxyl groups is 1. The number of rotatable bonds is 11. The minimum absolute atomic E-state index is 0.488. The van der Waals surface area contributed by atoms with Crippen molar-refractivity contribution >= 4 is 0 Å². The van der Waals surface area contributed by atoms with E-state index >= 15 is 0 Å². The molecular formula is C16H34O. The summed E-state index contributed by atoms with van der Waals surface area (Å²) >= 11 is 0. The first kappa shape index (κ1) is 17.0. The molecule has 1 nitrogen and oxygen atoms in total. The van der Waals surface area contributed by atoms with Crippen LogP contribution in [0, 0.1) is 5.92 Å². The van der Waals surface area contributed by atoms with Gasteiger partial charge in [0.05, 0.1) is 5.60 Å². The Labute approximate surface area is 109 Å². The predicted molar refractivity (Wildman–Crippen MR) is 77.3 cm³/mol. The largest absolute Gasteiger partial charge is 0.390 e. The van der Waals surface area contributed by atoms with E-state index in [1.165, 1.54) is 64.2 Å². The highest BCUT2D eigenvalue weighted by Gasteiger charge is 2.25. The van der Waals surface area contributed by atoms with Gasteiger partial charge in [-0.05, 0) is 32.6 Å². The van der Waals surface area contributed by atoms with Gasteiger partial charge in [-0.15, -0.1) is 0 Å². The Balaban J connectivity index is 3.69. The van der Waals surface area contributed by atoms with E-state index in [9.17, 15) is 5.11 Å². The Morgan fingerprint density at radius 2 is 1.24 bits per heavy atom. The van der Waals surface area contributed by atoms with Gasteiger partial charge in [0.15, 0.2) is 0 Å². The first-order chi connectivity index (χ1) is 8.02. The molecule has 0 aliphatic carbocycles. The fraction of sp³-hybridized carbons (Fsp3) is 1.00. The lowest BCUT2D eigenvalue weighted by atomic mass is 9.82. The molecule has 0 rings (SSSR count). The highest BCUT2D eigenvalue weighted by atomic mass is 16.3. The molecule has 104 valence electrons. The van der Waals surface area contributed by atoms with Gasteiger partial charge in [-0.1, -0.05) is 65.2 Å². The minimum atomic E-state index is -0.488. The van der Waals surface area contributed by atoms with Crippen molar-refractivity contribution in [2.75, 3.05) is 0 Å². The molecule has 0 spiro atoms. The lowest BCUT2D eigenvalue weighted by Gasteiger charge is -2.29. The van der Waals surface area contributed by atoms with E-state index in [2.05, 4.69) is 13.8 Å². The maximum Gasteiger partial charge on any atom is 0.0619 e. The molecule has 0 fully saturated rings. The van der Waals surface area contributed by atoms with Crippen LogP contribution in [-0.4, -0.2) is 10.7 Å². The smallest absolute Gasteiger partial charge is 0.0619 e. The van der Waals surface area contributed by atoms with Crippen molar-refractivity contribution in [3.63, 3.8) is 0 Å². The van der Waals surface area contributed by atoms with Crippen LogP contribution in [0.1, 0.15) is 91.9 Å². The Bertz CT molecular complexity index is 157. The summed E-state index contributed by atoms with van der Waals surface area (Å²) in [6.07, 6.45) is 13.0. The Kier molecular flexibility index (Phi) is 9.91. The first-order valence-corrected chi connectivity index (χ1v) is 7.74. The Morgan fingerprint density at radius 3 is 1.76 bits per heavy atom. The summed E-state index contributed by atoms with van der Waals surface area (Å²) < 4.78 is 0. The topological polar surface area (TPSA) is 20.2 Å². The van der Waals surface area contributed by atoms with E-state index in [0.717, 1.165) is 0 Å². The summed E-state index contributed by atoms with van der Waals surface area (Å²) in [6, 6.07) is 0. The van der Waals surface area contributed by atoms with Crippen molar-refractivity contribution in [2.24, 2.45) is 5.92 Å². The second-order valence-electron chi connectivity index (χ2n) is 6.05. The molecule has 0 saturated carbocycles. The fourth-order valence-electron chi connectivity index (χ4n) is 2.47. The third-order valence-electron chi connectivity index (χ3n) is 3.81. The molecule has 0 aliphatic heterocycles. The van der Waals surface area contributed by atoms with Gasteiger partial charge in [-0.2, -0.15) is 0 Å². The van der Waals surface area contributed by atoms with Crippen LogP contribution in [0.4, 0.5) is 0 Å². The van der Waals surface area contributed by atoms with Crippen LogP contribution < -0.4 is 0 Å². The Hall–Kier alpha value is -0.0400. The maximum absolute atomic E-state index is 10.1. The van der Waals surface area contributed by atoms with Gasteiger partial charge < -0.3 is 5.11 Å². The van der Waals surface area contributed by atoms with E-state index in [-0.39, 0.29) is 0 Å². The summed E-state index contributed by atoms with van der Waals surface area (Å²) in [5, 5.41) is 10.1. The molecule has 0 aromatic heterocycles. The first-order valence-electron chi connectivity index (χ1n) is 7.74. The predicted octanol–water partition coefficient (Wildman–Crippen LogP) is 5.31. The van der Waals surface area contributed by atoms with Gasteiger partial charge in [0.25, 0.3) is 0 Å². The van der Waals surface area contributed by atoms with Crippen LogP contribution in [-0.2, 0) is 0 Å². The SMILES string of the molecule is CCCCCCCCC(CCCC)C(C)(C)O. The van der Waals surface area contributed by atoms with Gasteiger partial charge in [0, 0.05) is 0 Å². The minimum Gasteiger partial charge on any atom is -0.390 e. The van der Waals surface area contributed by atoms with Gasteiger partial charge in [0.1, 0.15) is 0 Å². The van der Waals surface area contributed by atoms with Crippen LogP contribution in [0.2, 0.25) is 0 Å². The highest BCUT2D eigenvalue weighted by Crippen LogP contribution is 2.27. The molecule has 0 saturated heterocycles. The van der Waals surface area contributed by atoms with E-state index < -0.39 is 5.60 Å². The number of hydrogen-bond donors (Lipinski definition) is 1. The molecule has 1 heteroatoms. The highest BCUT2D eigenvalue weighted by molar-refractivity contribution is 4.77. The Morgan fingerprint density at radius 1 is 0.765 bits per heavy atom. The van der Waals surface area contributed by atoms with Crippen LogP contribution in [0.25, 0.3) is 0 Å². The average Bonchev–Trinajstić information content (AvgIpc) is 2.25. The maximum atomic E-state index is 10.1. The molecular weight excluding hydrogens is 208 g/mol. The van der Waals surface area contributed by atoms with Crippen molar-refractivity contribution in [2.45, 2.75) is 97.5 Å². The second-order valence-corrected chi connectivity index (χ2v) is 6.05. The fourth-order valence-corrected chi connectivity index (χ4v) is 2.47. The molecule has 1 atom stereocenters. The van der Waals surface area contributed by atoms with Crippen molar-refractivity contribution in [3.8, 4) is 0 Å². The third-order valence-corrected chi connectivity index (χ3v) is 3.81. The van der Waals surface area contributed by atoms with Gasteiger partial charge >= 0.3 is 0 Å². The third kappa shape index (κ3) is 9.64. The molecule has 0 aromatic carbocycles. The second kappa shape index (κ2) is 9.94. The molecule has 0 bridgehead atoms. The molecule has 0 aliphatic rings. The number of unbranched alkanes of at least 4 members (excludes halogenated alkanes) is 6. The van der Waals surface area contributed by atoms with Crippen LogP contribution in [0.5, 0.6) is 0 Å². The van der Waals surface area contributed by atoms with Crippen molar-refractivity contribution in [1.82, 2.24) is 0 Å². The summed E-state index contributed by atoms with van der Waals surface area (Å²) in [4.78, 5) is 0. The van der Waals surface area contributed by atoms with Crippen molar-refractivity contribution in [1.29, 1.82) is 0 Å². The summed E-state index contributed by atoms with van der Waals surface area (Å²) in [5.74, 6) is 0.494. The van der Waals surface area contributed by atoms with E-state index in [0.29, 0.717) is 5.92 Å². The van der Waals surface area contributed by atoms with Crippen LogP contribution in [0.15, 0.2) is 0 Å². The number of hydrogen-bond acceptors (Lipinski definition) is 1. The molecule has 0 amide bonds. The standard InChI is InChI=1S/C16H34O/c1-5-7-9-10-11-12-14-15(13-8-6-2)16(3,4)17/h15,17H,5-14H2,1-4H3. The average molecular weight is 242 g/mol. The van der Waals surface area contributed by atoms with Crippen molar-refractivity contribution < 1.29 is 5.11 Å². The summed E-state index contributed by atoms with van der Waals surface area (Å²) in [5.41, 5.74) is -0.488. The lowest BCUT2D eigenvalue weighted by molar-refractivity contribution is 0.00736. The van der Waals surface area contributed by atoms with Crippen LogP contribution >= 0.6 is 0 Å². The van der Waals surface area contributed by atoms with E-state index in [1.807, 2.05) is 13.8 Å². The van der Waals surface area contributed by atoms with Gasteiger partial charge in [0.2, 0.25) is 0 Å². The molecule has 17 heavy (non-hydrogen) atoms. The van der Waals surface area contributed by atoms with Gasteiger partial charge in [-0.3, -0.25) is 0 Å². The molecule has 1 N–H and O–H groups in total. The molecule has 0 heterocycles. The molecule has 0 aromatic rings. The monoisotopic (exact) mass is 242 g/mol. The zero-order valence-corrected chi connectivity index (χ0v) is 12.6. The molecule has 0 radical (unpaired) electrons. The zero-order valence-electron chi connectivity index (χ0n) is 12.6. The van der Waals surface area contributed by atoms with E-state index in [4.69, 9.17) is 0 Å². The quantitative estimate of drug-likeness (QED) is 0.486. The van der Waals surface area contributed by atoms with Gasteiger partial charge in [-0.25, -0.2) is 0 Å². The van der Waals surface area contributed by atoms with Crippen LogP contribution in [0.3, 0.4) is 0 Å². The summed E-state index contributed by atoms with van der Waals surface area (Å²) in [7, 11) is 0. The molecule has 1 unspecified atom stereocenters. The van der Waals surface area contributed by atoms with E-state index in [1.54, 1.807) is 0 Å².